The second-order valence-corrected chi connectivity index (χ2v) is 3.86. The molecule has 0 atom stereocenters. The van der Waals surface area contributed by atoms with E-state index in [4.69, 9.17) is 33.8 Å². The normalized spacial score (nSPS) is 10.4. The first-order valence-electron chi connectivity index (χ1n) is 4.99. The summed E-state index contributed by atoms with van der Waals surface area (Å²) in [7, 11) is 0. The van der Waals surface area contributed by atoms with Crippen LogP contribution in [0.1, 0.15) is 17.5 Å². The average molecular weight is 264 g/mol. The van der Waals surface area contributed by atoms with Crippen LogP contribution >= 0.6 is 23.2 Å². The SMILES string of the molecule is NOCCCOc1cc(CCl)cc(CCl)c1. The minimum Gasteiger partial charge on any atom is -0.493 e. The Morgan fingerprint density at radius 1 is 1.00 bits per heavy atom. The van der Waals surface area contributed by atoms with Crippen molar-refractivity contribution in [3.05, 3.63) is 29.3 Å². The van der Waals surface area contributed by atoms with Crippen molar-refractivity contribution in [1.29, 1.82) is 0 Å². The van der Waals surface area contributed by atoms with Gasteiger partial charge in [-0.2, -0.15) is 0 Å². The lowest BCUT2D eigenvalue weighted by Crippen LogP contribution is -2.06. The fraction of sp³-hybridized carbons (Fsp3) is 0.455. The van der Waals surface area contributed by atoms with E-state index >= 15 is 0 Å². The fourth-order valence-corrected chi connectivity index (χ4v) is 1.61. The summed E-state index contributed by atoms with van der Waals surface area (Å²) < 4.78 is 5.54. The van der Waals surface area contributed by atoms with Gasteiger partial charge in [0.15, 0.2) is 0 Å². The Balaban J connectivity index is 2.57. The Morgan fingerprint density at radius 3 is 2.12 bits per heavy atom. The molecule has 0 heterocycles. The van der Waals surface area contributed by atoms with Crippen molar-refractivity contribution >= 4 is 23.2 Å². The zero-order valence-electron chi connectivity index (χ0n) is 8.92. The van der Waals surface area contributed by atoms with Crippen LogP contribution in [0.25, 0.3) is 0 Å². The van der Waals surface area contributed by atoms with Gasteiger partial charge in [0, 0.05) is 18.2 Å². The molecule has 3 nitrogen and oxygen atoms in total. The van der Waals surface area contributed by atoms with Gasteiger partial charge in [0.05, 0.1) is 13.2 Å². The van der Waals surface area contributed by atoms with Crippen LogP contribution in [0.5, 0.6) is 5.75 Å². The van der Waals surface area contributed by atoms with E-state index in [0.717, 1.165) is 23.3 Å². The largest absolute Gasteiger partial charge is 0.493 e. The van der Waals surface area contributed by atoms with Crippen LogP contribution in [-0.4, -0.2) is 13.2 Å². The average Bonchev–Trinajstić information content (AvgIpc) is 2.34. The molecule has 1 rings (SSSR count). The first kappa shape index (κ1) is 13.6. The third kappa shape index (κ3) is 4.58. The van der Waals surface area contributed by atoms with Crippen LogP contribution in [0.3, 0.4) is 0 Å². The monoisotopic (exact) mass is 263 g/mol. The van der Waals surface area contributed by atoms with E-state index in [1.807, 2.05) is 18.2 Å². The molecule has 16 heavy (non-hydrogen) atoms. The number of ether oxygens (including phenoxy) is 1. The molecule has 0 aliphatic rings. The van der Waals surface area contributed by atoms with Gasteiger partial charge in [-0.25, -0.2) is 5.90 Å². The summed E-state index contributed by atoms with van der Waals surface area (Å²) in [4.78, 5) is 4.45. The predicted octanol–water partition coefficient (Wildman–Crippen LogP) is 2.82. The molecule has 0 fully saturated rings. The molecule has 2 N–H and O–H groups in total. The van der Waals surface area contributed by atoms with E-state index < -0.39 is 0 Å². The molecule has 90 valence electrons. The van der Waals surface area contributed by atoms with E-state index in [1.54, 1.807) is 0 Å². The maximum Gasteiger partial charge on any atom is 0.119 e. The van der Waals surface area contributed by atoms with E-state index in [0.29, 0.717) is 25.0 Å². The van der Waals surface area contributed by atoms with Crippen molar-refractivity contribution in [1.82, 2.24) is 0 Å². The summed E-state index contributed by atoms with van der Waals surface area (Å²) in [6, 6.07) is 5.79. The van der Waals surface area contributed by atoms with E-state index in [9.17, 15) is 0 Å². The van der Waals surface area contributed by atoms with Crippen molar-refractivity contribution < 1.29 is 9.57 Å². The third-order valence-corrected chi connectivity index (χ3v) is 2.63. The summed E-state index contributed by atoms with van der Waals surface area (Å²) in [6.45, 7) is 1.04. The standard InChI is InChI=1S/C11H15Cl2NO2/c12-7-9-4-10(8-13)6-11(5-9)15-2-1-3-16-14/h4-6H,1-3,7-8,14H2. The summed E-state index contributed by atoms with van der Waals surface area (Å²) in [5, 5.41) is 0. The van der Waals surface area contributed by atoms with Crippen molar-refractivity contribution in [3.8, 4) is 5.75 Å². The Kier molecular flexibility index (Phi) is 6.57. The highest BCUT2D eigenvalue weighted by Crippen LogP contribution is 2.20. The number of nitrogens with two attached hydrogens (primary N) is 1. The third-order valence-electron chi connectivity index (χ3n) is 2.01. The first-order chi connectivity index (χ1) is 7.80. The second-order valence-electron chi connectivity index (χ2n) is 3.33. The molecule has 5 heteroatoms. The maximum absolute atomic E-state index is 5.78. The lowest BCUT2D eigenvalue weighted by Gasteiger charge is -2.08. The molecular formula is C11H15Cl2NO2. The topological polar surface area (TPSA) is 44.5 Å². The van der Waals surface area contributed by atoms with Crippen molar-refractivity contribution in [2.45, 2.75) is 18.2 Å². The van der Waals surface area contributed by atoms with E-state index in [1.165, 1.54) is 0 Å². The Labute approximate surface area is 105 Å². The predicted molar refractivity (Wildman–Crippen MR) is 65.8 cm³/mol. The summed E-state index contributed by atoms with van der Waals surface area (Å²) in [5.41, 5.74) is 2.01. The molecule has 0 unspecified atom stereocenters. The van der Waals surface area contributed by atoms with Crippen LogP contribution in [0.4, 0.5) is 0 Å². The summed E-state index contributed by atoms with van der Waals surface area (Å²) in [6.07, 6.45) is 0.748. The van der Waals surface area contributed by atoms with Gasteiger partial charge >= 0.3 is 0 Å². The van der Waals surface area contributed by atoms with Crippen LogP contribution in [0, 0.1) is 0 Å². The number of hydrogen-bond acceptors (Lipinski definition) is 3. The molecule has 0 aliphatic carbocycles. The lowest BCUT2D eigenvalue weighted by molar-refractivity contribution is 0.122. The maximum atomic E-state index is 5.78. The molecule has 0 spiro atoms. The number of benzene rings is 1. The van der Waals surface area contributed by atoms with Gasteiger partial charge in [0.2, 0.25) is 0 Å². The highest BCUT2D eigenvalue weighted by molar-refractivity contribution is 6.17. The quantitative estimate of drug-likeness (QED) is 0.468. The minimum absolute atomic E-state index is 0.451. The van der Waals surface area contributed by atoms with Gasteiger partial charge in [0.25, 0.3) is 0 Å². The lowest BCUT2D eigenvalue weighted by atomic mass is 10.1. The molecule has 0 radical (unpaired) electrons. The molecule has 0 saturated carbocycles. The zero-order valence-corrected chi connectivity index (χ0v) is 10.4. The van der Waals surface area contributed by atoms with E-state index in [2.05, 4.69) is 4.84 Å². The van der Waals surface area contributed by atoms with Crippen LogP contribution in [-0.2, 0) is 16.6 Å². The van der Waals surface area contributed by atoms with Gasteiger partial charge in [-0.15, -0.1) is 23.2 Å². The first-order valence-corrected chi connectivity index (χ1v) is 6.06. The van der Waals surface area contributed by atoms with Crippen molar-refractivity contribution in [3.63, 3.8) is 0 Å². The second kappa shape index (κ2) is 7.74. The summed E-state index contributed by atoms with van der Waals surface area (Å²) in [5.74, 6) is 6.59. The smallest absolute Gasteiger partial charge is 0.119 e. The number of hydrogen-bond donors (Lipinski definition) is 1. The Bertz CT molecular complexity index is 299. The van der Waals surface area contributed by atoms with Gasteiger partial charge in [-0.3, -0.25) is 0 Å². The van der Waals surface area contributed by atoms with Crippen LogP contribution in [0.2, 0.25) is 0 Å². The van der Waals surface area contributed by atoms with Gasteiger partial charge in [-0.1, -0.05) is 6.07 Å². The van der Waals surface area contributed by atoms with Crippen molar-refractivity contribution in [2.75, 3.05) is 13.2 Å². The highest BCUT2D eigenvalue weighted by atomic mass is 35.5. The van der Waals surface area contributed by atoms with Gasteiger partial charge in [0.1, 0.15) is 5.75 Å². The molecule has 0 aliphatic heterocycles. The van der Waals surface area contributed by atoms with E-state index in [-0.39, 0.29) is 0 Å². The molecular weight excluding hydrogens is 249 g/mol. The van der Waals surface area contributed by atoms with Crippen LogP contribution < -0.4 is 10.6 Å². The Morgan fingerprint density at radius 2 is 1.62 bits per heavy atom. The highest BCUT2D eigenvalue weighted by Gasteiger charge is 2.01. The molecule has 1 aromatic carbocycles. The zero-order chi connectivity index (χ0) is 11.8. The minimum atomic E-state index is 0.451. The Hall–Kier alpha value is -0.480. The molecule has 0 amide bonds. The van der Waals surface area contributed by atoms with Gasteiger partial charge < -0.3 is 9.57 Å². The number of rotatable bonds is 7. The number of halogens is 2. The molecule has 0 bridgehead atoms. The molecule has 1 aromatic rings. The van der Waals surface area contributed by atoms with Crippen molar-refractivity contribution in [2.24, 2.45) is 5.90 Å². The molecule has 0 aromatic heterocycles. The fourth-order valence-electron chi connectivity index (χ4n) is 1.30. The van der Waals surface area contributed by atoms with Gasteiger partial charge in [-0.05, 0) is 23.3 Å². The van der Waals surface area contributed by atoms with Crippen LogP contribution in [0.15, 0.2) is 18.2 Å². The summed E-state index contributed by atoms with van der Waals surface area (Å²) >= 11 is 11.6. The molecule has 0 saturated heterocycles. The number of alkyl halides is 2.